The molecule has 138 valence electrons. The molecule has 0 fully saturated rings. The SMILES string of the molecule is CCN1c2cc(F)c(C=Nc3ccc(F)c(Cl)c3)cc2C(C)CC1(C)C. The Morgan fingerprint density at radius 2 is 1.96 bits per heavy atom. The molecule has 1 heterocycles. The number of hydrogen-bond donors (Lipinski definition) is 0. The van der Waals surface area contributed by atoms with E-state index in [-0.39, 0.29) is 16.4 Å². The van der Waals surface area contributed by atoms with Gasteiger partial charge in [0, 0.05) is 29.5 Å². The Balaban J connectivity index is 1.99. The van der Waals surface area contributed by atoms with E-state index < -0.39 is 5.82 Å². The second-order valence-corrected chi connectivity index (χ2v) is 7.86. The molecule has 0 spiro atoms. The first-order valence-electron chi connectivity index (χ1n) is 8.83. The largest absolute Gasteiger partial charge is 0.366 e. The van der Waals surface area contributed by atoms with Crippen molar-refractivity contribution in [2.24, 2.45) is 4.99 Å². The number of hydrogen-bond acceptors (Lipinski definition) is 2. The molecule has 1 atom stereocenters. The van der Waals surface area contributed by atoms with Crippen molar-refractivity contribution in [3.05, 3.63) is 58.1 Å². The highest BCUT2D eigenvalue weighted by Crippen LogP contribution is 2.43. The topological polar surface area (TPSA) is 15.6 Å². The summed E-state index contributed by atoms with van der Waals surface area (Å²) in [6.07, 6.45) is 2.48. The van der Waals surface area contributed by atoms with Gasteiger partial charge in [0.05, 0.1) is 10.7 Å². The molecule has 0 saturated carbocycles. The van der Waals surface area contributed by atoms with Crippen molar-refractivity contribution >= 4 is 29.2 Å². The third-order valence-corrected chi connectivity index (χ3v) is 5.37. The summed E-state index contributed by atoms with van der Waals surface area (Å²) in [6, 6.07) is 7.67. The Hall–Kier alpha value is -1.94. The molecule has 3 rings (SSSR count). The van der Waals surface area contributed by atoms with E-state index in [0.29, 0.717) is 17.2 Å². The molecule has 2 aromatic carbocycles. The Morgan fingerprint density at radius 3 is 2.62 bits per heavy atom. The summed E-state index contributed by atoms with van der Waals surface area (Å²) in [5.41, 5.74) is 2.99. The van der Waals surface area contributed by atoms with Crippen molar-refractivity contribution in [2.45, 2.75) is 45.6 Å². The van der Waals surface area contributed by atoms with Crippen LogP contribution in [0.1, 0.15) is 51.2 Å². The lowest BCUT2D eigenvalue weighted by Crippen LogP contribution is -2.48. The average molecular weight is 377 g/mol. The van der Waals surface area contributed by atoms with Crippen LogP contribution in [0, 0.1) is 11.6 Å². The number of aliphatic imine (C=N–C) groups is 1. The van der Waals surface area contributed by atoms with E-state index in [9.17, 15) is 8.78 Å². The molecule has 0 aliphatic carbocycles. The van der Waals surface area contributed by atoms with Gasteiger partial charge in [0.2, 0.25) is 0 Å². The second kappa shape index (κ2) is 6.99. The van der Waals surface area contributed by atoms with E-state index >= 15 is 0 Å². The van der Waals surface area contributed by atoms with Crippen LogP contribution >= 0.6 is 11.6 Å². The predicted molar refractivity (Wildman–Crippen MR) is 105 cm³/mol. The Labute approximate surface area is 158 Å². The van der Waals surface area contributed by atoms with Gasteiger partial charge in [-0.2, -0.15) is 0 Å². The molecule has 0 bridgehead atoms. The quantitative estimate of drug-likeness (QED) is 0.559. The molecule has 1 unspecified atom stereocenters. The standard InChI is InChI=1S/C21H23ClF2N2/c1-5-26-20-10-19(24)14(8-16(20)13(2)11-21(26,3)4)12-25-15-6-7-18(23)17(22)9-15/h6-10,12-13H,5,11H2,1-4H3. The zero-order valence-corrected chi connectivity index (χ0v) is 16.2. The van der Waals surface area contributed by atoms with Crippen LogP contribution in [0.5, 0.6) is 0 Å². The van der Waals surface area contributed by atoms with E-state index in [1.165, 1.54) is 24.4 Å². The fraction of sp³-hybridized carbons (Fsp3) is 0.381. The first-order valence-corrected chi connectivity index (χ1v) is 9.21. The molecule has 0 N–H and O–H groups in total. The van der Waals surface area contributed by atoms with Crippen LogP contribution in [0.4, 0.5) is 20.2 Å². The number of fused-ring (bicyclic) bond motifs is 1. The van der Waals surface area contributed by atoms with Crippen LogP contribution in [0.15, 0.2) is 35.3 Å². The smallest absolute Gasteiger partial charge is 0.141 e. The molecule has 2 aromatic rings. The Morgan fingerprint density at radius 1 is 1.23 bits per heavy atom. The zero-order chi connectivity index (χ0) is 19.1. The maximum atomic E-state index is 14.7. The van der Waals surface area contributed by atoms with E-state index in [1.807, 2.05) is 6.07 Å². The van der Waals surface area contributed by atoms with Gasteiger partial charge in [-0.05, 0) is 69.0 Å². The zero-order valence-electron chi connectivity index (χ0n) is 15.5. The van der Waals surface area contributed by atoms with Gasteiger partial charge in [-0.3, -0.25) is 4.99 Å². The molecular weight excluding hydrogens is 354 g/mol. The predicted octanol–water partition coefficient (Wildman–Crippen LogP) is 6.48. The summed E-state index contributed by atoms with van der Waals surface area (Å²) in [4.78, 5) is 6.51. The Kier molecular flexibility index (Phi) is 5.07. The van der Waals surface area contributed by atoms with Gasteiger partial charge in [0.15, 0.2) is 0 Å². The highest BCUT2D eigenvalue weighted by Gasteiger charge is 2.36. The fourth-order valence-electron chi connectivity index (χ4n) is 3.93. The first-order chi connectivity index (χ1) is 12.2. The third-order valence-electron chi connectivity index (χ3n) is 5.08. The van der Waals surface area contributed by atoms with Gasteiger partial charge in [-0.1, -0.05) is 18.5 Å². The van der Waals surface area contributed by atoms with Crippen molar-refractivity contribution in [3.63, 3.8) is 0 Å². The summed E-state index contributed by atoms with van der Waals surface area (Å²) in [6.45, 7) is 9.48. The van der Waals surface area contributed by atoms with Crippen LogP contribution < -0.4 is 4.90 Å². The maximum absolute atomic E-state index is 14.7. The van der Waals surface area contributed by atoms with Gasteiger partial charge >= 0.3 is 0 Å². The molecule has 5 heteroatoms. The first kappa shape index (κ1) is 18.8. The van der Waals surface area contributed by atoms with Crippen LogP contribution in [-0.2, 0) is 0 Å². The summed E-state index contributed by atoms with van der Waals surface area (Å²) >= 11 is 5.77. The molecule has 1 aliphatic heterocycles. The summed E-state index contributed by atoms with van der Waals surface area (Å²) in [5.74, 6) is -0.485. The molecule has 26 heavy (non-hydrogen) atoms. The average Bonchev–Trinajstić information content (AvgIpc) is 2.56. The number of rotatable bonds is 3. The van der Waals surface area contributed by atoms with Crippen molar-refractivity contribution in [1.29, 1.82) is 0 Å². The number of nitrogens with zero attached hydrogens (tertiary/aromatic N) is 2. The highest BCUT2D eigenvalue weighted by atomic mass is 35.5. The van der Waals surface area contributed by atoms with E-state index in [1.54, 1.807) is 6.07 Å². The summed E-state index contributed by atoms with van der Waals surface area (Å²) in [5, 5.41) is 0.00000381. The minimum absolute atomic E-state index is 0.00000381. The molecular formula is C21H23ClF2N2. The maximum Gasteiger partial charge on any atom is 0.141 e. The van der Waals surface area contributed by atoms with Gasteiger partial charge in [0.25, 0.3) is 0 Å². The van der Waals surface area contributed by atoms with E-state index in [0.717, 1.165) is 24.2 Å². The lowest BCUT2D eigenvalue weighted by atomic mass is 9.79. The van der Waals surface area contributed by atoms with Crippen LogP contribution in [0.2, 0.25) is 5.02 Å². The number of anilines is 1. The molecule has 0 radical (unpaired) electrons. The molecule has 2 nitrogen and oxygen atoms in total. The van der Waals surface area contributed by atoms with Crippen molar-refractivity contribution in [3.8, 4) is 0 Å². The van der Waals surface area contributed by atoms with Gasteiger partial charge in [0.1, 0.15) is 11.6 Å². The number of halogens is 3. The van der Waals surface area contributed by atoms with E-state index in [2.05, 4.69) is 37.6 Å². The van der Waals surface area contributed by atoms with Crippen molar-refractivity contribution < 1.29 is 8.78 Å². The molecule has 0 aromatic heterocycles. The van der Waals surface area contributed by atoms with Crippen LogP contribution in [0.25, 0.3) is 0 Å². The van der Waals surface area contributed by atoms with Gasteiger partial charge in [-0.25, -0.2) is 8.78 Å². The van der Waals surface area contributed by atoms with Crippen LogP contribution in [-0.4, -0.2) is 18.3 Å². The highest BCUT2D eigenvalue weighted by molar-refractivity contribution is 6.31. The summed E-state index contributed by atoms with van der Waals surface area (Å²) in [7, 11) is 0. The number of benzene rings is 2. The van der Waals surface area contributed by atoms with Gasteiger partial charge < -0.3 is 4.90 Å². The Bertz CT molecular complexity index is 861. The lowest BCUT2D eigenvalue weighted by molar-refractivity contribution is 0.380. The van der Waals surface area contributed by atoms with Gasteiger partial charge in [-0.15, -0.1) is 0 Å². The lowest BCUT2D eigenvalue weighted by Gasteiger charge is -2.47. The van der Waals surface area contributed by atoms with Crippen molar-refractivity contribution in [2.75, 3.05) is 11.4 Å². The third kappa shape index (κ3) is 3.48. The normalized spacial score (nSPS) is 19.0. The molecule has 0 saturated heterocycles. The van der Waals surface area contributed by atoms with Crippen LogP contribution in [0.3, 0.4) is 0 Å². The monoisotopic (exact) mass is 376 g/mol. The summed E-state index contributed by atoms with van der Waals surface area (Å²) < 4.78 is 28.0. The molecule has 1 aliphatic rings. The second-order valence-electron chi connectivity index (χ2n) is 7.45. The molecule has 0 amide bonds. The van der Waals surface area contributed by atoms with Crippen molar-refractivity contribution in [1.82, 2.24) is 0 Å². The minimum Gasteiger partial charge on any atom is -0.366 e. The van der Waals surface area contributed by atoms with E-state index in [4.69, 9.17) is 11.6 Å². The fourth-order valence-corrected chi connectivity index (χ4v) is 4.10. The minimum atomic E-state index is -0.498.